The quantitative estimate of drug-likeness (QED) is 0.825. The van der Waals surface area contributed by atoms with Gasteiger partial charge in [-0.15, -0.1) is 0 Å². The van der Waals surface area contributed by atoms with Gasteiger partial charge in [0, 0.05) is 24.6 Å². The van der Waals surface area contributed by atoms with Crippen molar-refractivity contribution >= 4 is 0 Å². The lowest BCUT2D eigenvalue weighted by molar-refractivity contribution is 0.125. The maximum Gasteiger partial charge on any atom is 0.0641 e. The summed E-state index contributed by atoms with van der Waals surface area (Å²) in [6, 6.07) is 12.4. The smallest absolute Gasteiger partial charge is 0.0641 e. The van der Waals surface area contributed by atoms with E-state index >= 15 is 0 Å². The minimum Gasteiger partial charge on any atom is -0.396 e. The highest BCUT2D eigenvalue weighted by Gasteiger charge is 2.33. The van der Waals surface area contributed by atoms with Crippen LogP contribution in [0.1, 0.15) is 43.7 Å². The normalized spacial score (nSPS) is 18.9. The van der Waals surface area contributed by atoms with Crippen LogP contribution in [0.25, 0.3) is 0 Å². The van der Waals surface area contributed by atoms with Crippen molar-refractivity contribution in [2.45, 2.75) is 38.1 Å². The van der Waals surface area contributed by atoms with E-state index in [-0.39, 0.29) is 18.1 Å². The highest BCUT2D eigenvalue weighted by atomic mass is 16.3. The number of rotatable bonds is 6. The van der Waals surface area contributed by atoms with Crippen LogP contribution >= 0.6 is 0 Å². The zero-order chi connectivity index (χ0) is 13.6. The van der Waals surface area contributed by atoms with Gasteiger partial charge in [-0.2, -0.15) is 5.26 Å². The summed E-state index contributed by atoms with van der Waals surface area (Å²) in [6.45, 7) is 1.04. The Kier molecular flexibility index (Phi) is 4.95. The Morgan fingerprint density at radius 3 is 2.53 bits per heavy atom. The predicted octanol–water partition coefficient (Wildman–Crippen LogP) is 2.78. The maximum atomic E-state index is 9.62. The van der Waals surface area contributed by atoms with Gasteiger partial charge in [-0.25, -0.2) is 0 Å². The fourth-order valence-corrected chi connectivity index (χ4v) is 2.94. The molecule has 1 fully saturated rings. The number of aliphatic hydroxyl groups excluding tert-OH is 1. The number of nitrogens with zero attached hydrogens (tertiary/aromatic N) is 1. The van der Waals surface area contributed by atoms with E-state index in [1.165, 1.54) is 12.8 Å². The summed E-state index contributed by atoms with van der Waals surface area (Å²) in [4.78, 5) is 0. The molecule has 1 saturated carbocycles. The van der Waals surface area contributed by atoms with Crippen molar-refractivity contribution in [2.75, 3.05) is 13.2 Å². The molecule has 102 valence electrons. The third kappa shape index (κ3) is 3.56. The second-order valence-corrected chi connectivity index (χ2v) is 5.57. The van der Waals surface area contributed by atoms with Gasteiger partial charge in [0.1, 0.15) is 0 Å². The lowest BCUT2D eigenvalue weighted by Gasteiger charge is -2.29. The fourth-order valence-electron chi connectivity index (χ4n) is 2.94. The summed E-state index contributed by atoms with van der Waals surface area (Å²) < 4.78 is 0. The fraction of sp³-hybridized carbons (Fsp3) is 0.562. The van der Waals surface area contributed by atoms with Crippen LogP contribution in [-0.4, -0.2) is 18.3 Å². The Labute approximate surface area is 115 Å². The van der Waals surface area contributed by atoms with E-state index in [4.69, 9.17) is 5.26 Å². The molecule has 0 aromatic heterocycles. The van der Waals surface area contributed by atoms with Gasteiger partial charge in [0.2, 0.25) is 0 Å². The first-order chi connectivity index (χ1) is 9.29. The van der Waals surface area contributed by atoms with Crippen molar-refractivity contribution in [1.82, 2.24) is 5.32 Å². The number of nitriles is 1. The molecule has 1 aromatic rings. The molecular formula is C16H22N2O. The monoisotopic (exact) mass is 258 g/mol. The molecule has 19 heavy (non-hydrogen) atoms. The van der Waals surface area contributed by atoms with Crippen LogP contribution in [0.3, 0.4) is 0 Å². The molecular weight excluding hydrogens is 236 g/mol. The van der Waals surface area contributed by atoms with E-state index in [0.29, 0.717) is 6.42 Å². The molecule has 1 aromatic carbocycles. The molecule has 2 N–H and O–H groups in total. The van der Waals surface area contributed by atoms with Crippen molar-refractivity contribution < 1.29 is 5.11 Å². The molecule has 0 saturated heterocycles. The third-order valence-electron chi connectivity index (χ3n) is 4.22. The topological polar surface area (TPSA) is 56.0 Å². The molecule has 1 aliphatic carbocycles. The Morgan fingerprint density at radius 1 is 1.26 bits per heavy atom. The predicted molar refractivity (Wildman–Crippen MR) is 75.4 cm³/mol. The summed E-state index contributed by atoms with van der Waals surface area (Å²) in [7, 11) is 0. The summed E-state index contributed by atoms with van der Waals surface area (Å²) in [6.07, 6.45) is 5.05. The van der Waals surface area contributed by atoms with Crippen molar-refractivity contribution in [3.63, 3.8) is 0 Å². The van der Waals surface area contributed by atoms with E-state index in [1.54, 1.807) is 0 Å². The second-order valence-electron chi connectivity index (χ2n) is 5.57. The van der Waals surface area contributed by atoms with E-state index in [0.717, 1.165) is 24.9 Å². The van der Waals surface area contributed by atoms with Gasteiger partial charge in [-0.1, -0.05) is 43.2 Å². The standard InChI is InChI=1S/C16H22N2O/c17-11-8-15(14-6-2-1-3-7-14)18-12-16(13-19)9-4-5-10-16/h1-3,6-7,15,18-19H,4-5,8-10,12-13H2. The summed E-state index contributed by atoms with van der Waals surface area (Å²) in [5.41, 5.74) is 1.18. The molecule has 3 nitrogen and oxygen atoms in total. The van der Waals surface area contributed by atoms with Crippen molar-refractivity contribution in [2.24, 2.45) is 5.41 Å². The molecule has 0 amide bonds. The number of nitrogens with one attached hydrogen (secondary N) is 1. The summed E-state index contributed by atoms with van der Waals surface area (Å²) in [5, 5.41) is 22.1. The lowest BCUT2D eigenvalue weighted by atomic mass is 9.86. The maximum absolute atomic E-state index is 9.62. The van der Waals surface area contributed by atoms with Crippen LogP contribution in [0, 0.1) is 16.7 Å². The highest BCUT2D eigenvalue weighted by molar-refractivity contribution is 5.20. The molecule has 0 bridgehead atoms. The Bertz CT molecular complexity index is 418. The van der Waals surface area contributed by atoms with E-state index < -0.39 is 0 Å². The van der Waals surface area contributed by atoms with Crippen LogP contribution in [0.5, 0.6) is 0 Å². The first-order valence-electron chi connectivity index (χ1n) is 7.06. The van der Waals surface area contributed by atoms with Crippen LogP contribution in [0.15, 0.2) is 30.3 Å². The van der Waals surface area contributed by atoms with Crippen molar-refractivity contribution in [3.8, 4) is 6.07 Å². The molecule has 0 aliphatic heterocycles. The Balaban J connectivity index is 2.00. The average Bonchev–Trinajstić information content (AvgIpc) is 2.94. The van der Waals surface area contributed by atoms with Gasteiger partial charge < -0.3 is 10.4 Å². The van der Waals surface area contributed by atoms with Gasteiger partial charge in [0.15, 0.2) is 0 Å². The minimum absolute atomic E-state index is 0.0302. The molecule has 0 heterocycles. The van der Waals surface area contributed by atoms with Gasteiger partial charge in [0.05, 0.1) is 12.5 Å². The van der Waals surface area contributed by atoms with Gasteiger partial charge in [-0.05, 0) is 18.4 Å². The van der Waals surface area contributed by atoms with Crippen LogP contribution in [-0.2, 0) is 0 Å². The largest absolute Gasteiger partial charge is 0.396 e. The summed E-state index contributed by atoms with van der Waals surface area (Å²) >= 11 is 0. The van der Waals surface area contributed by atoms with Crippen molar-refractivity contribution in [3.05, 3.63) is 35.9 Å². The lowest BCUT2D eigenvalue weighted by Crippen LogP contribution is -2.37. The molecule has 1 atom stereocenters. The molecule has 1 aliphatic rings. The molecule has 0 spiro atoms. The second kappa shape index (κ2) is 6.70. The van der Waals surface area contributed by atoms with Crippen LogP contribution in [0.4, 0.5) is 0 Å². The molecule has 0 radical (unpaired) electrons. The first-order valence-corrected chi connectivity index (χ1v) is 7.06. The average molecular weight is 258 g/mol. The summed E-state index contributed by atoms with van der Waals surface area (Å²) in [5.74, 6) is 0. The van der Waals surface area contributed by atoms with E-state index in [2.05, 4.69) is 23.5 Å². The zero-order valence-corrected chi connectivity index (χ0v) is 11.3. The molecule has 3 heteroatoms. The molecule has 1 unspecified atom stereocenters. The van der Waals surface area contributed by atoms with E-state index in [1.807, 2.05) is 18.2 Å². The first kappa shape index (κ1) is 14.0. The van der Waals surface area contributed by atoms with Gasteiger partial charge in [-0.3, -0.25) is 0 Å². The van der Waals surface area contributed by atoms with E-state index in [9.17, 15) is 5.11 Å². The van der Waals surface area contributed by atoms with Gasteiger partial charge >= 0.3 is 0 Å². The highest BCUT2D eigenvalue weighted by Crippen LogP contribution is 2.37. The van der Waals surface area contributed by atoms with Crippen LogP contribution < -0.4 is 5.32 Å². The van der Waals surface area contributed by atoms with Crippen molar-refractivity contribution in [1.29, 1.82) is 5.26 Å². The van der Waals surface area contributed by atoms with Gasteiger partial charge in [0.25, 0.3) is 0 Å². The number of hydrogen-bond donors (Lipinski definition) is 2. The molecule has 2 rings (SSSR count). The number of hydrogen-bond acceptors (Lipinski definition) is 3. The minimum atomic E-state index is 0.0302. The Morgan fingerprint density at radius 2 is 1.95 bits per heavy atom. The van der Waals surface area contributed by atoms with Crippen LogP contribution in [0.2, 0.25) is 0 Å². The number of benzene rings is 1. The SMILES string of the molecule is N#CCC(NCC1(CO)CCCC1)c1ccccc1. The third-order valence-corrected chi connectivity index (χ3v) is 4.22. The zero-order valence-electron chi connectivity index (χ0n) is 11.3. The Hall–Kier alpha value is -1.37. The number of aliphatic hydroxyl groups is 1.